The number of ether oxygens (including phenoxy) is 1. The van der Waals surface area contributed by atoms with Crippen LogP contribution >= 0.6 is 0 Å². The first kappa shape index (κ1) is 12.1. The highest BCUT2D eigenvalue weighted by molar-refractivity contribution is 5.31. The van der Waals surface area contributed by atoms with Gasteiger partial charge in [0.1, 0.15) is 5.75 Å². The number of hydrogen-bond acceptors (Lipinski definition) is 1. The molecular formula is C14H22O. The molecule has 15 heavy (non-hydrogen) atoms. The zero-order valence-electron chi connectivity index (χ0n) is 10.1. The van der Waals surface area contributed by atoms with Crippen LogP contribution in [0, 0.1) is 6.92 Å². The van der Waals surface area contributed by atoms with Gasteiger partial charge in [-0.15, -0.1) is 0 Å². The molecule has 0 spiro atoms. The average molecular weight is 206 g/mol. The summed E-state index contributed by atoms with van der Waals surface area (Å²) in [6.45, 7) is 6.53. The fourth-order valence-electron chi connectivity index (χ4n) is 1.77. The molecule has 0 bridgehead atoms. The molecule has 0 aromatic heterocycles. The molecular weight excluding hydrogens is 184 g/mol. The first-order valence-corrected chi connectivity index (χ1v) is 6.00. The normalized spacial score (nSPS) is 10.7. The second-order valence-electron chi connectivity index (χ2n) is 4.08. The quantitative estimate of drug-likeness (QED) is 0.672. The zero-order valence-corrected chi connectivity index (χ0v) is 10.1. The van der Waals surface area contributed by atoms with Crippen molar-refractivity contribution in [3.8, 4) is 5.75 Å². The lowest BCUT2D eigenvalue weighted by atomic mass is 10.1. The maximum Gasteiger partial charge on any atom is 0.122 e. The summed E-state index contributed by atoms with van der Waals surface area (Å²) in [7, 11) is 0. The Morgan fingerprint density at radius 3 is 2.20 bits per heavy atom. The number of rotatable bonds is 6. The van der Waals surface area contributed by atoms with Crippen molar-refractivity contribution in [2.24, 2.45) is 0 Å². The molecule has 0 saturated heterocycles. The maximum absolute atomic E-state index is 6.03. The molecule has 0 aliphatic rings. The highest BCUT2D eigenvalue weighted by Gasteiger charge is 2.09. The van der Waals surface area contributed by atoms with E-state index in [4.69, 9.17) is 4.74 Å². The second kappa shape index (κ2) is 6.49. The molecule has 1 heteroatoms. The van der Waals surface area contributed by atoms with Crippen LogP contribution in [0.4, 0.5) is 0 Å². The Labute approximate surface area is 93.5 Å². The molecule has 0 atom stereocenters. The molecule has 0 aliphatic heterocycles. The highest BCUT2D eigenvalue weighted by atomic mass is 16.5. The van der Waals surface area contributed by atoms with Crippen LogP contribution in [0.3, 0.4) is 0 Å². The lowest BCUT2D eigenvalue weighted by Crippen LogP contribution is -2.16. The van der Waals surface area contributed by atoms with E-state index in [9.17, 15) is 0 Å². The van der Waals surface area contributed by atoms with Gasteiger partial charge in [0.05, 0.1) is 6.10 Å². The Bertz CT molecular complexity index is 274. The predicted molar refractivity (Wildman–Crippen MR) is 65.4 cm³/mol. The van der Waals surface area contributed by atoms with Crippen molar-refractivity contribution in [2.45, 2.75) is 52.6 Å². The van der Waals surface area contributed by atoms with Crippen LogP contribution in [0.1, 0.15) is 45.1 Å². The SMILES string of the molecule is CCCC(CCC)Oc1ccccc1C. The Kier molecular flexibility index (Phi) is 5.23. The second-order valence-corrected chi connectivity index (χ2v) is 4.08. The molecule has 0 saturated carbocycles. The van der Waals surface area contributed by atoms with Gasteiger partial charge in [0.15, 0.2) is 0 Å². The monoisotopic (exact) mass is 206 g/mol. The Balaban J connectivity index is 2.60. The summed E-state index contributed by atoms with van der Waals surface area (Å²) in [5.41, 5.74) is 1.23. The zero-order chi connectivity index (χ0) is 11.1. The van der Waals surface area contributed by atoms with Crippen molar-refractivity contribution < 1.29 is 4.74 Å². The summed E-state index contributed by atoms with van der Waals surface area (Å²) < 4.78 is 6.03. The molecule has 0 fully saturated rings. The van der Waals surface area contributed by atoms with E-state index in [0.29, 0.717) is 6.10 Å². The van der Waals surface area contributed by atoms with Gasteiger partial charge in [-0.25, -0.2) is 0 Å². The van der Waals surface area contributed by atoms with Gasteiger partial charge in [-0.05, 0) is 31.4 Å². The topological polar surface area (TPSA) is 9.23 Å². The lowest BCUT2D eigenvalue weighted by molar-refractivity contribution is 0.177. The first-order chi connectivity index (χ1) is 7.27. The number of benzene rings is 1. The Morgan fingerprint density at radius 1 is 1.07 bits per heavy atom. The van der Waals surface area contributed by atoms with Gasteiger partial charge in [0.2, 0.25) is 0 Å². The van der Waals surface area contributed by atoms with Crippen molar-refractivity contribution in [3.05, 3.63) is 29.8 Å². The van der Waals surface area contributed by atoms with Gasteiger partial charge in [-0.3, -0.25) is 0 Å². The van der Waals surface area contributed by atoms with E-state index in [1.54, 1.807) is 0 Å². The molecule has 1 aromatic carbocycles. The van der Waals surface area contributed by atoms with Crippen LogP contribution < -0.4 is 4.74 Å². The molecule has 0 radical (unpaired) electrons. The van der Waals surface area contributed by atoms with Gasteiger partial charge in [0, 0.05) is 0 Å². The van der Waals surface area contributed by atoms with Gasteiger partial charge >= 0.3 is 0 Å². The van der Waals surface area contributed by atoms with E-state index in [-0.39, 0.29) is 0 Å². The third kappa shape index (κ3) is 3.94. The summed E-state index contributed by atoms with van der Waals surface area (Å²) in [5, 5.41) is 0. The van der Waals surface area contributed by atoms with Crippen molar-refractivity contribution in [2.75, 3.05) is 0 Å². The van der Waals surface area contributed by atoms with Gasteiger partial charge < -0.3 is 4.74 Å². The highest BCUT2D eigenvalue weighted by Crippen LogP contribution is 2.21. The summed E-state index contributed by atoms with van der Waals surface area (Å²) >= 11 is 0. The number of para-hydroxylation sites is 1. The van der Waals surface area contributed by atoms with Crippen LogP contribution in [-0.4, -0.2) is 6.10 Å². The van der Waals surface area contributed by atoms with E-state index in [2.05, 4.69) is 39.0 Å². The largest absolute Gasteiger partial charge is 0.490 e. The predicted octanol–water partition coefficient (Wildman–Crippen LogP) is 4.34. The average Bonchev–Trinajstić information content (AvgIpc) is 2.22. The van der Waals surface area contributed by atoms with Crippen molar-refractivity contribution >= 4 is 0 Å². The Hall–Kier alpha value is -0.980. The van der Waals surface area contributed by atoms with E-state index in [1.165, 1.54) is 18.4 Å². The van der Waals surface area contributed by atoms with E-state index >= 15 is 0 Å². The van der Waals surface area contributed by atoms with Crippen LogP contribution in [0.25, 0.3) is 0 Å². The fourth-order valence-corrected chi connectivity index (χ4v) is 1.77. The summed E-state index contributed by atoms with van der Waals surface area (Å²) in [5.74, 6) is 1.05. The van der Waals surface area contributed by atoms with Gasteiger partial charge in [-0.2, -0.15) is 0 Å². The first-order valence-electron chi connectivity index (χ1n) is 6.00. The standard InChI is InChI=1S/C14H22O/c1-4-8-13(9-5-2)15-14-11-7-6-10-12(14)3/h6-7,10-11,13H,4-5,8-9H2,1-3H3. The minimum atomic E-state index is 0.390. The minimum Gasteiger partial charge on any atom is -0.490 e. The molecule has 1 aromatic rings. The van der Waals surface area contributed by atoms with Crippen LogP contribution in [-0.2, 0) is 0 Å². The third-order valence-corrected chi connectivity index (χ3v) is 2.61. The fraction of sp³-hybridized carbons (Fsp3) is 0.571. The maximum atomic E-state index is 6.03. The van der Waals surface area contributed by atoms with E-state index in [0.717, 1.165) is 18.6 Å². The van der Waals surface area contributed by atoms with Gasteiger partial charge in [-0.1, -0.05) is 44.9 Å². The van der Waals surface area contributed by atoms with E-state index < -0.39 is 0 Å². The minimum absolute atomic E-state index is 0.390. The van der Waals surface area contributed by atoms with Crippen molar-refractivity contribution in [1.29, 1.82) is 0 Å². The van der Waals surface area contributed by atoms with Crippen LogP contribution in [0.2, 0.25) is 0 Å². The lowest BCUT2D eigenvalue weighted by Gasteiger charge is -2.19. The van der Waals surface area contributed by atoms with Crippen molar-refractivity contribution in [3.63, 3.8) is 0 Å². The van der Waals surface area contributed by atoms with Crippen LogP contribution in [0.15, 0.2) is 24.3 Å². The smallest absolute Gasteiger partial charge is 0.122 e. The third-order valence-electron chi connectivity index (χ3n) is 2.61. The number of aryl methyl sites for hydroxylation is 1. The summed E-state index contributed by atoms with van der Waals surface area (Å²) in [6.07, 6.45) is 5.08. The molecule has 0 N–H and O–H groups in total. The summed E-state index contributed by atoms with van der Waals surface area (Å²) in [6, 6.07) is 8.26. The molecule has 84 valence electrons. The number of hydrogen-bond donors (Lipinski definition) is 0. The Morgan fingerprint density at radius 2 is 1.67 bits per heavy atom. The summed E-state index contributed by atoms with van der Waals surface area (Å²) in [4.78, 5) is 0. The molecule has 1 nitrogen and oxygen atoms in total. The van der Waals surface area contributed by atoms with Crippen molar-refractivity contribution in [1.82, 2.24) is 0 Å². The molecule has 1 rings (SSSR count). The van der Waals surface area contributed by atoms with Gasteiger partial charge in [0.25, 0.3) is 0 Å². The molecule has 0 aliphatic carbocycles. The van der Waals surface area contributed by atoms with Crippen LogP contribution in [0.5, 0.6) is 5.75 Å². The van der Waals surface area contributed by atoms with E-state index in [1.807, 2.05) is 6.07 Å². The molecule has 0 heterocycles. The molecule has 0 amide bonds. The molecule has 0 unspecified atom stereocenters.